The van der Waals surface area contributed by atoms with Crippen molar-refractivity contribution in [2.24, 2.45) is 0 Å². The summed E-state index contributed by atoms with van der Waals surface area (Å²) in [6.45, 7) is 24.9. The molecule has 2 aliphatic heterocycles. The second-order valence-electron chi connectivity index (χ2n) is 23.1. The Kier molecular flexibility index (Phi) is 16.5. The van der Waals surface area contributed by atoms with Crippen molar-refractivity contribution < 1.29 is 19.0 Å². The molecular formula is C55H70Br2N12O4Si2. The van der Waals surface area contributed by atoms with E-state index in [9.17, 15) is 4.79 Å². The predicted octanol–water partition coefficient (Wildman–Crippen LogP) is 12.2. The summed E-state index contributed by atoms with van der Waals surface area (Å²) in [5.41, 5.74) is 14.8. The van der Waals surface area contributed by atoms with Gasteiger partial charge in [-0.3, -0.25) is 9.97 Å². The van der Waals surface area contributed by atoms with E-state index in [4.69, 9.17) is 40.0 Å². The minimum absolute atomic E-state index is 0.00871. The molecule has 2 saturated heterocycles. The average Bonchev–Trinajstić information content (AvgIpc) is 4.22. The molecule has 0 radical (unpaired) electrons. The Labute approximate surface area is 458 Å². The molecule has 8 aromatic rings. The van der Waals surface area contributed by atoms with Crippen LogP contribution in [-0.4, -0.2) is 125 Å². The van der Waals surface area contributed by atoms with Crippen LogP contribution in [0.2, 0.25) is 51.4 Å². The number of nitrogens with zero attached hydrogens (tertiary/aromatic N) is 10. The van der Waals surface area contributed by atoms with Crippen LogP contribution in [0.15, 0.2) is 94.4 Å². The van der Waals surface area contributed by atoms with Crippen LogP contribution in [0.25, 0.3) is 55.4 Å². The SMILES string of the molecule is CC(C)(C)OC(=O)N1CCC(c2nc3c(-c4cnc5ccccc5c4)cnn3c(N(COCC[Si](C)(C)C)COCC[Si](C)(C)C)c2Br)C1.Nc1c(Br)c(C2CCNC2)nc2c(-c3cnc4ccccc4c3)cnn12. The number of anilines is 2. The second-order valence-corrected chi connectivity index (χ2v) is 35.9. The first kappa shape index (κ1) is 54.4. The Morgan fingerprint density at radius 3 is 1.81 bits per heavy atom. The molecule has 0 saturated carbocycles. The van der Waals surface area contributed by atoms with E-state index in [0.29, 0.717) is 51.5 Å². The highest BCUT2D eigenvalue weighted by Gasteiger charge is 2.35. The molecule has 2 fully saturated rings. The summed E-state index contributed by atoms with van der Waals surface area (Å²) in [5, 5.41) is 14.9. The van der Waals surface area contributed by atoms with Gasteiger partial charge in [-0.05, 0) is 108 Å². The van der Waals surface area contributed by atoms with Crippen molar-refractivity contribution in [1.29, 1.82) is 0 Å². The van der Waals surface area contributed by atoms with Gasteiger partial charge < -0.3 is 35.1 Å². The highest BCUT2D eigenvalue weighted by Crippen LogP contribution is 2.40. The number of aromatic nitrogens is 8. The topological polar surface area (TPSA) is 175 Å². The van der Waals surface area contributed by atoms with Crippen LogP contribution >= 0.6 is 31.9 Å². The summed E-state index contributed by atoms with van der Waals surface area (Å²) in [6, 6.07) is 22.6. The number of rotatable bonds is 15. The van der Waals surface area contributed by atoms with Crippen molar-refractivity contribution in [2.75, 3.05) is 63.5 Å². The first-order valence-corrected chi connectivity index (χ1v) is 34.9. The number of para-hydroxylation sites is 2. The number of carbonyl (C=O) groups excluding carboxylic acids is 1. The number of likely N-dealkylation sites (tertiary alicyclic amines) is 1. The van der Waals surface area contributed by atoms with E-state index in [-0.39, 0.29) is 12.0 Å². The van der Waals surface area contributed by atoms with Crippen LogP contribution in [0.5, 0.6) is 0 Å². The van der Waals surface area contributed by atoms with Gasteiger partial charge in [0.15, 0.2) is 17.1 Å². The van der Waals surface area contributed by atoms with Crippen LogP contribution in [0, 0.1) is 0 Å². The lowest BCUT2D eigenvalue weighted by atomic mass is 10.0. The molecule has 20 heteroatoms. The van der Waals surface area contributed by atoms with E-state index >= 15 is 0 Å². The van der Waals surface area contributed by atoms with Crippen LogP contribution in [-0.2, 0) is 14.2 Å². The molecule has 3 N–H and O–H groups in total. The lowest BCUT2D eigenvalue weighted by Gasteiger charge is -2.28. The third kappa shape index (κ3) is 12.9. The number of nitrogens with two attached hydrogens (primary N) is 1. The molecule has 16 nitrogen and oxygen atoms in total. The molecule has 0 aliphatic carbocycles. The third-order valence-corrected chi connectivity index (χ3v) is 18.5. The lowest BCUT2D eigenvalue weighted by molar-refractivity contribution is 0.0292. The molecular weight excluding hydrogens is 1110 g/mol. The van der Waals surface area contributed by atoms with Gasteiger partial charge in [-0.1, -0.05) is 75.7 Å². The molecule has 2 aliphatic rings. The predicted molar refractivity (Wildman–Crippen MR) is 313 cm³/mol. The number of ether oxygens (including phenoxy) is 3. The normalized spacial score (nSPS) is 16.3. The maximum Gasteiger partial charge on any atom is 0.410 e. The second kappa shape index (κ2) is 22.7. The third-order valence-electron chi connectivity index (χ3n) is 13.5. The molecule has 8 heterocycles. The highest BCUT2D eigenvalue weighted by molar-refractivity contribution is 9.11. The maximum absolute atomic E-state index is 13.1. The summed E-state index contributed by atoms with van der Waals surface area (Å²) in [7, 11) is -2.56. The summed E-state index contributed by atoms with van der Waals surface area (Å²) in [5.74, 6) is 1.74. The molecule has 0 spiro atoms. The number of halogens is 2. The first-order chi connectivity index (χ1) is 35.7. The van der Waals surface area contributed by atoms with E-state index in [1.54, 1.807) is 9.42 Å². The van der Waals surface area contributed by atoms with Gasteiger partial charge in [0.25, 0.3) is 0 Å². The fraction of sp³-hybridized carbons (Fsp3) is 0.436. The quantitative estimate of drug-likeness (QED) is 0.0564. The van der Waals surface area contributed by atoms with Crippen LogP contribution < -0.4 is 16.0 Å². The minimum Gasteiger partial charge on any atom is -0.444 e. The Morgan fingerprint density at radius 1 is 0.747 bits per heavy atom. The summed E-state index contributed by atoms with van der Waals surface area (Å²) in [6.07, 6.45) is 8.96. The fourth-order valence-corrected chi connectivity index (χ4v) is 12.2. The van der Waals surface area contributed by atoms with Crippen LogP contribution in [0.3, 0.4) is 0 Å². The van der Waals surface area contributed by atoms with Gasteiger partial charge in [0.05, 0.1) is 43.8 Å². The van der Waals surface area contributed by atoms with Crippen molar-refractivity contribution in [3.05, 3.63) is 106 Å². The molecule has 0 bridgehead atoms. The molecule has 2 unspecified atom stereocenters. The zero-order chi connectivity index (χ0) is 53.2. The van der Waals surface area contributed by atoms with Crippen molar-refractivity contribution in [3.8, 4) is 22.3 Å². The Bertz CT molecular complexity index is 3310. The number of carbonyl (C=O) groups is 1. The number of fused-ring (bicyclic) bond motifs is 4. The Balaban J connectivity index is 0.000000220. The van der Waals surface area contributed by atoms with Crippen molar-refractivity contribution in [1.82, 2.24) is 49.4 Å². The molecule has 2 atom stereocenters. The fourth-order valence-electron chi connectivity index (χ4n) is 9.28. The van der Waals surface area contributed by atoms with Crippen molar-refractivity contribution in [3.63, 3.8) is 0 Å². The number of benzene rings is 2. The number of hydrogen-bond acceptors (Lipinski definition) is 13. The van der Waals surface area contributed by atoms with Gasteiger partial charge in [-0.25, -0.2) is 14.8 Å². The van der Waals surface area contributed by atoms with E-state index in [1.807, 2.05) is 86.5 Å². The zero-order valence-corrected chi connectivity index (χ0v) is 49.8. The maximum atomic E-state index is 13.1. The summed E-state index contributed by atoms with van der Waals surface area (Å²) in [4.78, 5) is 36.5. The summed E-state index contributed by atoms with van der Waals surface area (Å²) >= 11 is 7.61. The zero-order valence-electron chi connectivity index (χ0n) is 44.7. The average molecular weight is 1180 g/mol. The molecule has 10 rings (SSSR count). The largest absolute Gasteiger partial charge is 0.444 e. The van der Waals surface area contributed by atoms with E-state index in [2.05, 4.69) is 116 Å². The molecule has 6 aromatic heterocycles. The van der Waals surface area contributed by atoms with Gasteiger partial charge in [-0.2, -0.15) is 19.2 Å². The van der Waals surface area contributed by atoms with Crippen LogP contribution in [0.1, 0.15) is 56.8 Å². The van der Waals surface area contributed by atoms with Gasteiger partial charge in [0.2, 0.25) is 0 Å². The van der Waals surface area contributed by atoms with Gasteiger partial charge in [0.1, 0.15) is 24.9 Å². The minimum atomic E-state index is -1.28. The van der Waals surface area contributed by atoms with Crippen LogP contribution in [0.4, 0.5) is 16.4 Å². The Morgan fingerprint density at radius 2 is 1.28 bits per heavy atom. The van der Waals surface area contributed by atoms with Crippen molar-refractivity contribution in [2.45, 2.75) is 102 Å². The molecule has 396 valence electrons. The number of nitrogen functional groups attached to an aromatic ring is 1. The number of pyridine rings is 2. The number of hydrogen-bond donors (Lipinski definition) is 2. The number of nitrogens with one attached hydrogen (secondary N) is 1. The van der Waals surface area contributed by atoms with E-state index in [0.717, 1.165) is 120 Å². The monoisotopic (exact) mass is 1180 g/mol. The standard InChI is InChI=1S/C36H53BrN6O4Si2.C19H17BrN6/c1-36(2,3)47-35(44)41-15-14-27(23-41)32-31(37)34(42(24-45-16-18-48(4,5)6)25-46-17-19-49(7,8)9)43-33(40-32)29(22-39-43)28-20-26-12-10-11-13-30(26)38-21-28;20-16-17(12-5-6-22-8-12)25-19-14(10-24-26(19)18(16)21)13-7-11-3-1-2-4-15(11)23-9-13/h10-13,20-22,27H,14-19,23-25H2,1-9H3;1-4,7,9-10,12,22H,5-6,8,21H2. The summed E-state index contributed by atoms with van der Waals surface area (Å²) < 4.78 is 23.7. The highest BCUT2D eigenvalue weighted by atomic mass is 79.9. The van der Waals surface area contributed by atoms with Gasteiger partial charge in [0, 0.05) is 106 Å². The molecule has 2 aromatic carbocycles. The molecule has 75 heavy (non-hydrogen) atoms. The molecule has 1 amide bonds. The number of amides is 1. The van der Waals surface area contributed by atoms with Gasteiger partial charge in [-0.15, -0.1) is 0 Å². The Hall–Kier alpha value is -5.36. The smallest absolute Gasteiger partial charge is 0.410 e. The van der Waals surface area contributed by atoms with E-state index < -0.39 is 21.7 Å². The van der Waals surface area contributed by atoms with Gasteiger partial charge >= 0.3 is 6.09 Å². The van der Waals surface area contributed by atoms with E-state index in [1.165, 1.54) is 0 Å². The lowest BCUT2D eigenvalue weighted by Crippen LogP contribution is -2.35. The van der Waals surface area contributed by atoms with Crippen molar-refractivity contribution >= 4 is 98.8 Å². The first-order valence-electron chi connectivity index (χ1n) is 25.9.